The monoisotopic (exact) mass is 323 g/mol. The molecule has 1 aromatic rings. The van der Waals surface area contributed by atoms with Gasteiger partial charge in [-0.15, -0.1) is 0 Å². The zero-order valence-electron chi connectivity index (χ0n) is 12.3. The molecule has 1 aliphatic heterocycles. The molecule has 1 aromatic carbocycles. The summed E-state index contributed by atoms with van der Waals surface area (Å²) in [5, 5.41) is 1.12. The van der Waals surface area contributed by atoms with E-state index in [1.54, 1.807) is 5.56 Å². The summed E-state index contributed by atoms with van der Waals surface area (Å²) in [7, 11) is 0. The van der Waals surface area contributed by atoms with E-state index in [4.69, 9.17) is 0 Å². The minimum atomic E-state index is 0.444. The first-order chi connectivity index (χ1) is 9.23. The average molecular weight is 324 g/mol. The zero-order chi connectivity index (χ0) is 13.7. The van der Waals surface area contributed by atoms with E-state index in [0.717, 1.165) is 11.9 Å². The number of aryl methyl sites for hydroxylation is 1. The fraction of sp³-hybridized carbons (Fsp3) is 0.647. The second-order valence-corrected chi connectivity index (χ2v) is 6.48. The van der Waals surface area contributed by atoms with Gasteiger partial charge in [0.25, 0.3) is 0 Å². The van der Waals surface area contributed by atoms with E-state index in [-0.39, 0.29) is 0 Å². The van der Waals surface area contributed by atoms with Gasteiger partial charge in [-0.05, 0) is 48.8 Å². The van der Waals surface area contributed by atoms with E-state index < -0.39 is 0 Å². The van der Waals surface area contributed by atoms with Crippen LogP contribution in [0.3, 0.4) is 0 Å². The van der Waals surface area contributed by atoms with Crippen molar-refractivity contribution in [3.8, 4) is 0 Å². The number of fused-ring (bicyclic) bond motifs is 1. The third kappa shape index (κ3) is 3.61. The predicted octanol–water partition coefficient (Wildman–Crippen LogP) is 4.64. The molecule has 0 unspecified atom stereocenters. The lowest BCUT2D eigenvalue weighted by molar-refractivity contribution is 0.154. The maximum absolute atomic E-state index is 3.74. The topological polar surface area (TPSA) is 3.24 Å². The largest absolute Gasteiger partial charge is 0.298 e. The summed E-state index contributed by atoms with van der Waals surface area (Å²) in [6.07, 6.45) is 5.05. The molecule has 2 heteroatoms. The molecule has 0 atom stereocenters. The van der Waals surface area contributed by atoms with Crippen LogP contribution in [0.15, 0.2) is 24.3 Å². The maximum atomic E-state index is 3.74. The summed E-state index contributed by atoms with van der Waals surface area (Å²) in [4.78, 5) is 2.67. The molecule has 1 nitrogen and oxygen atoms in total. The van der Waals surface area contributed by atoms with Crippen molar-refractivity contribution >= 4 is 15.9 Å². The third-order valence-corrected chi connectivity index (χ3v) is 5.96. The van der Waals surface area contributed by atoms with E-state index in [1.807, 2.05) is 0 Å². The zero-order valence-corrected chi connectivity index (χ0v) is 13.9. The number of halogens is 1. The van der Waals surface area contributed by atoms with Crippen molar-refractivity contribution in [3.63, 3.8) is 0 Å². The van der Waals surface area contributed by atoms with Gasteiger partial charge < -0.3 is 0 Å². The van der Waals surface area contributed by atoms with Gasteiger partial charge in [-0.2, -0.15) is 0 Å². The summed E-state index contributed by atoms with van der Waals surface area (Å²) in [5.74, 6) is 0. The SMILES string of the molecule is CCC(CC)(CBr)CN1CCCc2ccccc2C1. The van der Waals surface area contributed by atoms with Crippen LogP contribution in [-0.4, -0.2) is 23.3 Å². The Morgan fingerprint density at radius 3 is 2.47 bits per heavy atom. The molecule has 0 saturated carbocycles. The Balaban J connectivity index is 2.10. The quantitative estimate of drug-likeness (QED) is 0.714. The molecular formula is C17H26BrN. The van der Waals surface area contributed by atoms with E-state index in [1.165, 1.54) is 44.3 Å². The van der Waals surface area contributed by atoms with Crippen LogP contribution in [0, 0.1) is 5.41 Å². The van der Waals surface area contributed by atoms with Crippen LogP contribution in [-0.2, 0) is 13.0 Å². The van der Waals surface area contributed by atoms with Crippen molar-refractivity contribution in [1.29, 1.82) is 0 Å². The van der Waals surface area contributed by atoms with Crippen molar-refractivity contribution in [2.45, 2.75) is 46.1 Å². The van der Waals surface area contributed by atoms with Gasteiger partial charge in [0.15, 0.2) is 0 Å². The highest BCUT2D eigenvalue weighted by atomic mass is 79.9. The molecule has 1 aliphatic rings. The minimum absolute atomic E-state index is 0.444. The maximum Gasteiger partial charge on any atom is 0.0236 e. The Morgan fingerprint density at radius 2 is 1.84 bits per heavy atom. The molecule has 19 heavy (non-hydrogen) atoms. The Bertz CT molecular complexity index is 390. The molecule has 1 heterocycles. The molecule has 0 aliphatic carbocycles. The van der Waals surface area contributed by atoms with Gasteiger partial charge >= 0.3 is 0 Å². The van der Waals surface area contributed by atoms with Crippen LogP contribution < -0.4 is 0 Å². The van der Waals surface area contributed by atoms with E-state index in [0.29, 0.717) is 5.41 Å². The summed E-state index contributed by atoms with van der Waals surface area (Å²) in [6, 6.07) is 8.96. The Hall–Kier alpha value is -0.340. The van der Waals surface area contributed by atoms with Gasteiger partial charge in [-0.25, -0.2) is 0 Å². The summed E-state index contributed by atoms with van der Waals surface area (Å²) < 4.78 is 0. The third-order valence-electron chi connectivity index (χ3n) is 4.78. The predicted molar refractivity (Wildman–Crippen MR) is 86.8 cm³/mol. The number of hydrogen-bond donors (Lipinski definition) is 0. The van der Waals surface area contributed by atoms with Gasteiger partial charge in [-0.3, -0.25) is 4.90 Å². The fourth-order valence-corrected chi connectivity index (χ4v) is 4.05. The fourth-order valence-electron chi connectivity index (χ4n) is 3.08. The normalized spacial score (nSPS) is 17.0. The lowest BCUT2D eigenvalue weighted by atomic mass is 9.84. The minimum Gasteiger partial charge on any atom is -0.298 e. The van der Waals surface area contributed by atoms with Crippen molar-refractivity contribution in [1.82, 2.24) is 4.90 Å². The summed E-state index contributed by atoms with van der Waals surface area (Å²) in [5.41, 5.74) is 3.54. The first kappa shape index (κ1) is 15.1. The molecule has 0 fully saturated rings. The van der Waals surface area contributed by atoms with Crippen LogP contribution in [0.25, 0.3) is 0 Å². The number of nitrogens with zero attached hydrogens (tertiary/aromatic N) is 1. The number of rotatable bonds is 5. The van der Waals surface area contributed by atoms with Crippen LogP contribution in [0.5, 0.6) is 0 Å². The molecule has 0 aromatic heterocycles. The number of alkyl halides is 1. The van der Waals surface area contributed by atoms with E-state index in [2.05, 4.69) is 58.9 Å². The smallest absolute Gasteiger partial charge is 0.0236 e. The van der Waals surface area contributed by atoms with Crippen molar-refractivity contribution in [2.24, 2.45) is 5.41 Å². The molecule has 0 amide bonds. The van der Waals surface area contributed by atoms with Crippen LogP contribution in [0.1, 0.15) is 44.2 Å². The van der Waals surface area contributed by atoms with E-state index in [9.17, 15) is 0 Å². The molecule has 0 bridgehead atoms. The summed E-state index contributed by atoms with van der Waals surface area (Å²) in [6.45, 7) is 8.25. The van der Waals surface area contributed by atoms with Crippen LogP contribution in [0.2, 0.25) is 0 Å². The number of hydrogen-bond acceptors (Lipinski definition) is 1. The Labute approximate surface area is 126 Å². The molecule has 0 spiro atoms. The van der Waals surface area contributed by atoms with Crippen molar-refractivity contribution < 1.29 is 0 Å². The second-order valence-electron chi connectivity index (χ2n) is 5.92. The Kier molecular flexibility index (Phi) is 5.47. The molecule has 106 valence electrons. The molecule has 0 N–H and O–H groups in total. The van der Waals surface area contributed by atoms with Gasteiger partial charge in [0.05, 0.1) is 0 Å². The van der Waals surface area contributed by atoms with E-state index >= 15 is 0 Å². The van der Waals surface area contributed by atoms with Gasteiger partial charge in [0.1, 0.15) is 0 Å². The first-order valence-electron chi connectivity index (χ1n) is 7.58. The number of benzene rings is 1. The molecule has 0 radical (unpaired) electrons. The second kappa shape index (κ2) is 6.90. The molecular weight excluding hydrogens is 298 g/mol. The van der Waals surface area contributed by atoms with Crippen LogP contribution >= 0.6 is 15.9 Å². The highest BCUT2D eigenvalue weighted by Crippen LogP contribution is 2.31. The highest BCUT2D eigenvalue weighted by Gasteiger charge is 2.28. The summed E-state index contributed by atoms with van der Waals surface area (Å²) >= 11 is 3.74. The lowest BCUT2D eigenvalue weighted by Crippen LogP contribution is -2.38. The van der Waals surface area contributed by atoms with Crippen LogP contribution in [0.4, 0.5) is 0 Å². The standard InChI is InChI=1S/C17H26BrN/c1-3-17(4-2,13-18)14-19-11-7-10-15-8-5-6-9-16(15)12-19/h5-6,8-9H,3-4,7,10-14H2,1-2H3. The lowest BCUT2D eigenvalue weighted by Gasteiger charge is -2.35. The highest BCUT2D eigenvalue weighted by molar-refractivity contribution is 9.09. The van der Waals surface area contributed by atoms with Gasteiger partial charge in [0.2, 0.25) is 0 Å². The van der Waals surface area contributed by atoms with Crippen molar-refractivity contribution in [3.05, 3.63) is 35.4 Å². The van der Waals surface area contributed by atoms with Gasteiger partial charge in [-0.1, -0.05) is 54.0 Å². The first-order valence-corrected chi connectivity index (χ1v) is 8.70. The molecule has 2 rings (SSSR count). The van der Waals surface area contributed by atoms with Gasteiger partial charge in [0, 0.05) is 18.4 Å². The molecule has 0 saturated heterocycles. The Morgan fingerprint density at radius 1 is 1.16 bits per heavy atom. The average Bonchev–Trinajstić information content (AvgIpc) is 2.66. The van der Waals surface area contributed by atoms with Crippen molar-refractivity contribution in [2.75, 3.05) is 18.4 Å².